The standard InChI is InChI=1S/C16H13F3O3.C10H9F3O6S.C7H6BF3O2/c1-21-13-5-3-4-12(15(20)22-2)14(13)10-6-8-11(9-7-10)16(17,18)19;1-17-7-5-3-4-6(9(14)18-2)8(7)19-20(15,16)10(11,12)13;9-7(10,11)5-1-3-6(4-2-5)8(12)13/h3-9H,1-2H3;3-5H,1-2H3;1-4,12-13H. The highest BCUT2D eigenvalue weighted by atomic mass is 32.2. The molecule has 0 saturated carbocycles. The third-order valence-electron chi connectivity index (χ3n) is 6.77. The number of para-hydroxylation sites is 1. The molecule has 0 aromatic heterocycles. The normalized spacial score (nSPS) is 11.5. The zero-order valence-electron chi connectivity index (χ0n) is 28.5. The number of hydrogen-bond acceptors (Lipinski definition) is 11. The Morgan fingerprint density at radius 2 is 1.02 bits per heavy atom. The second-order valence-electron chi connectivity index (χ2n) is 10.3. The second-order valence-corrected chi connectivity index (χ2v) is 11.8. The number of rotatable bonds is 8. The molecule has 0 heterocycles. The molecule has 298 valence electrons. The maximum Gasteiger partial charge on any atom is 0.534 e. The first-order valence-electron chi connectivity index (χ1n) is 14.7. The first-order chi connectivity index (χ1) is 25.4. The zero-order chi connectivity index (χ0) is 41.9. The van der Waals surface area contributed by atoms with Crippen LogP contribution in [0.2, 0.25) is 0 Å². The Kier molecular flexibility index (Phi) is 15.5. The van der Waals surface area contributed by atoms with E-state index in [0.717, 1.165) is 62.8 Å². The highest BCUT2D eigenvalue weighted by Crippen LogP contribution is 2.38. The largest absolute Gasteiger partial charge is 0.534 e. The van der Waals surface area contributed by atoms with E-state index in [4.69, 9.17) is 19.5 Å². The topological polar surface area (TPSA) is 155 Å². The molecule has 0 aliphatic carbocycles. The van der Waals surface area contributed by atoms with Crippen LogP contribution in [-0.4, -0.2) is 71.5 Å². The summed E-state index contributed by atoms with van der Waals surface area (Å²) < 4.78 is 156. The van der Waals surface area contributed by atoms with Gasteiger partial charge < -0.3 is 33.2 Å². The molecule has 0 unspecified atom stereocenters. The second kappa shape index (κ2) is 18.7. The Labute approximate surface area is 307 Å². The summed E-state index contributed by atoms with van der Waals surface area (Å²) >= 11 is 0. The number of carbonyl (C=O) groups excluding carboxylic acids is 2. The van der Waals surface area contributed by atoms with E-state index in [1.807, 2.05) is 0 Å². The number of alkyl halides is 9. The summed E-state index contributed by atoms with van der Waals surface area (Å²) in [6.07, 6.45) is -8.80. The van der Waals surface area contributed by atoms with Crippen LogP contribution in [0, 0.1) is 0 Å². The van der Waals surface area contributed by atoms with Crippen molar-refractivity contribution in [2.24, 2.45) is 0 Å². The molecule has 0 spiro atoms. The highest BCUT2D eigenvalue weighted by Gasteiger charge is 2.49. The van der Waals surface area contributed by atoms with Crippen LogP contribution in [0.4, 0.5) is 39.5 Å². The predicted molar refractivity (Wildman–Crippen MR) is 176 cm³/mol. The van der Waals surface area contributed by atoms with Crippen molar-refractivity contribution in [1.29, 1.82) is 0 Å². The molecule has 0 aliphatic rings. The van der Waals surface area contributed by atoms with Gasteiger partial charge in [-0.25, -0.2) is 9.59 Å². The third-order valence-corrected chi connectivity index (χ3v) is 7.72. The van der Waals surface area contributed by atoms with Crippen LogP contribution in [0.1, 0.15) is 31.8 Å². The molecule has 0 fully saturated rings. The van der Waals surface area contributed by atoms with Gasteiger partial charge in [0.05, 0.1) is 45.1 Å². The van der Waals surface area contributed by atoms with Crippen molar-refractivity contribution in [3.8, 4) is 28.4 Å². The summed E-state index contributed by atoms with van der Waals surface area (Å²) in [6, 6.07) is 16.4. The van der Waals surface area contributed by atoms with Gasteiger partial charge in [0, 0.05) is 5.56 Å². The minimum absolute atomic E-state index is 0.0352. The fraction of sp³-hybridized carbons (Fsp3) is 0.212. The SMILES string of the molecule is COC(=O)c1cccc(OC)c1-c1ccc(C(F)(F)F)cc1.COC(=O)c1cccc(OC)c1OS(=O)(=O)C(F)(F)F.OB(O)c1ccc(C(F)(F)F)cc1. The first-order valence-corrected chi connectivity index (χ1v) is 16.1. The fourth-order valence-corrected chi connectivity index (χ4v) is 4.63. The summed E-state index contributed by atoms with van der Waals surface area (Å²) in [6.45, 7) is 0. The summed E-state index contributed by atoms with van der Waals surface area (Å²) in [4.78, 5) is 23.2. The average molecular weight is 814 g/mol. The Bertz CT molecular complexity index is 2020. The van der Waals surface area contributed by atoms with Crippen LogP contribution in [0.5, 0.6) is 17.2 Å². The minimum Gasteiger partial charge on any atom is -0.496 e. The lowest BCUT2D eigenvalue weighted by Crippen LogP contribution is -2.29. The minimum atomic E-state index is -5.94. The van der Waals surface area contributed by atoms with Gasteiger partial charge in [0.25, 0.3) is 0 Å². The van der Waals surface area contributed by atoms with Gasteiger partial charge in [0.15, 0.2) is 11.5 Å². The van der Waals surface area contributed by atoms with Crippen molar-refractivity contribution >= 4 is 34.6 Å². The van der Waals surface area contributed by atoms with Crippen molar-refractivity contribution in [2.45, 2.75) is 17.9 Å². The Morgan fingerprint density at radius 1 is 0.600 bits per heavy atom. The molecule has 55 heavy (non-hydrogen) atoms. The number of ether oxygens (including phenoxy) is 4. The van der Waals surface area contributed by atoms with Gasteiger partial charge in [0.2, 0.25) is 0 Å². The Hall–Kier alpha value is -5.48. The summed E-state index contributed by atoms with van der Waals surface area (Å²) in [5.74, 6) is -2.53. The molecule has 0 amide bonds. The van der Waals surface area contributed by atoms with Crippen molar-refractivity contribution in [3.05, 3.63) is 107 Å². The number of halogens is 9. The van der Waals surface area contributed by atoms with E-state index in [2.05, 4.69) is 13.7 Å². The van der Waals surface area contributed by atoms with E-state index in [0.29, 0.717) is 16.9 Å². The number of esters is 2. The van der Waals surface area contributed by atoms with Crippen LogP contribution in [0.25, 0.3) is 11.1 Å². The fourth-order valence-electron chi connectivity index (χ4n) is 4.14. The van der Waals surface area contributed by atoms with Gasteiger partial charge in [-0.2, -0.15) is 47.9 Å². The van der Waals surface area contributed by atoms with Gasteiger partial charge >= 0.3 is 47.0 Å². The van der Waals surface area contributed by atoms with Crippen LogP contribution < -0.4 is 19.1 Å². The summed E-state index contributed by atoms with van der Waals surface area (Å²) in [5.41, 5.74) is -6.63. The lowest BCUT2D eigenvalue weighted by atomic mass is 9.80. The van der Waals surface area contributed by atoms with E-state index in [9.17, 15) is 57.5 Å². The van der Waals surface area contributed by atoms with Gasteiger partial charge in [-0.1, -0.05) is 48.5 Å². The van der Waals surface area contributed by atoms with E-state index in [-0.39, 0.29) is 16.8 Å². The van der Waals surface area contributed by atoms with Crippen molar-refractivity contribution in [2.75, 3.05) is 28.4 Å². The van der Waals surface area contributed by atoms with E-state index < -0.39 is 69.5 Å². The van der Waals surface area contributed by atoms with Crippen LogP contribution in [-0.2, 0) is 31.9 Å². The molecule has 0 radical (unpaired) electrons. The van der Waals surface area contributed by atoms with Gasteiger partial charge in [-0.05, 0) is 47.4 Å². The highest BCUT2D eigenvalue weighted by molar-refractivity contribution is 7.88. The predicted octanol–water partition coefficient (Wildman–Crippen LogP) is 6.26. The van der Waals surface area contributed by atoms with Crippen molar-refractivity contribution < 1.29 is 90.7 Å². The summed E-state index contributed by atoms with van der Waals surface area (Å²) in [5, 5.41) is 17.2. The molecular formula is C33H28BF9O11S. The third kappa shape index (κ3) is 12.3. The monoisotopic (exact) mass is 814 g/mol. The van der Waals surface area contributed by atoms with Gasteiger partial charge in [0.1, 0.15) is 11.3 Å². The number of hydrogen-bond donors (Lipinski definition) is 2. The maximum atomic E-state index is 12.6. The van der Waals surface area contributed by atoms with Crippen LogP contribution in [0.15, 0.2) is 84.9 Å². The summed E-state index contributed by atoms with van der Waals surface area (Å²) in [7, 11) is -2.97. The van der Waals surface area contributed by atoms with E-state index >= 15 is 0 Å². The number of methoxy groups -OCH3 is 4. The molecule has 4 aromatic carbocycles. The molecule has 22 heteroatoms. The van der Waals surface area contributed by atoms with Crippen LogP contribution in [0.3, 0.4) is 0 Å². The Morgan fingerprint density at radius 3 is 1.42 bits per heavy atom. The lowest BCUT2D eigenvalue weighted by Gasteiger charge is -2.14. The molecule has 4 rings (SSSR count). The molecule has 4 aromatic rings. The molecule has 11 nitrogen and oxygen atoms in total. The smallest absolute Gasteiger partial charge is 0.496 e. The average Bonchev–Trinajstić information content (AvgIpc) is 3.13. The van der Waals surface area contributed by atoms with Crippen molar-refractivity contribution in [3.63, 3.8) is 0 Å². The molecule has 0 aliphatic heterocycles. The van der Waals surface area contributed by atoms with Gasteiger partial charge in [-0.3, -0.25) is 0 Å². The van der Waals surface area contributed by atoms with E-state index in [1.54, 1.807) is 12.1 Å². The molecule has 0 atom stereocenters. The van der Waals surface area contributed by atoms with Crippen LogP contribution >= 0.6 is 0 Å². The van der Waals surface area contributed by atoms with Gasteiger partial charge in [-0.15, -0.1) is 0 Å². The van der Waals surface area contributed by atoms with E-state index in [1.165, 1.54) is 38.5 Å². The Balaban J connectivity index is 0.000000295. The van der Waals surface area contributed by atoms with Crippen molar-refractivity contribution in [1.82, 2.24) is 0 Å². The quantitative estimate of drug-likeness (QED) is 0.0681. The molecule has 2 N–H and O–H groups in total. The first kappa shape index (κ1) is 45.7. The zero-order valence-corrected chi connectivity index (χ0v) is 29.4. The molecule has 0 saturated heterocycles. The maximum absolute atomic E-state index is 12.6. The lowest BCUT2D eigenvalue weighted by molar-refractivity contribution is -0.138. The number of benzene rings is 4. The number of carbonyl (C=O) groups is 2. The molecule has 0 bridgehead atoms. The molecular weight excluding hydrogens is 786 g/mol.